The Kier molecular flexibility index (Phi) is 11.2. The molecule has 0 aromatic carbocycles. The van der Waals surface area contributed by atoms with E-state index in [1.165, 1.54) is 6.92 Å². The molecule has 18 nitrogen and oxygen atoms in total. The minimum absolute atomic E-state index is 0.392. The van der Waals surface area contributed by atoms with E-state index in [1.54, 1.807) is 0 Å². The Bertz CT molecular complexity index is 990. The Labute approximate surface area is 227 Å². The summed E-state index contributed by atoms with van der Waals surface area (Å²) in [5, 5.41) is 80.4. The zero-order valence-electron chi connectivity index (χ0n) is 21.0. The first kappa shape index (κ1) is 32.9. The van der Waals surface area contributed by atoms with Crippen molar-refractivity contribution in [3.05, 3.63) is 11.8 Å². The highest BCUT2D eigenvalue weighted by Crippen LogP contribution is 2.33. The zero-order valence-corrected chi connectivity index (χ0v) is 21.8. The fourth-order valence-electron chi connectivity index (χ4n) is 4.62. The molecule has 0 amide bonds. The molecule has 19 heteroatoms. The molecule has 9 N–H and O–H groups in total. The summed E-state index contributed by atoms with van der Waals surface area (Å²) in [6.07, 6.45) is -16.1. The second-order valence-corrected chi connectivity index (χ2v) is 10.6. The van der Waals surface area contributed by atoms with Crippen molar-refractivity contribution in [1.82, 2.24) is 0 Å². The van der Waals surface area contributed by atoms with Crippen molar-refractivity contribution in [2.75, 3.05) is 26.4 Å². The number of hydrogen-bond donors (Lipinski definition) is 9. The number of carboxylic acid groups (broad SMARTS) is 1. The lowest BCUT2D eigenvalue weighted by Crippen LogP contribution is -2.59. The van der Waals surface area contributed by atoms with Crippen molar-refractivity contribution in [2.45, 2.75) is 74.4 Å². The molecule has 0 spiro atoms. The molecule has 2 saturated heterocycles. The fraction of sp³-hybridized carbons (Fsp3) is 0.857. The SMILES string of the molecule is CC1O[C@@H](COCC2C(CO[C@@H]3OC(C(=O)O)=CC(O)C3O)[C@H](O)OC(CO)[C@H]2O)C(O)C(OS(=O)(=O)O)[C@@H]1O. The van der Waals surface area contributed by atoms with E-state index in [1.807, 2.05) is 0 Å². The van der Waals surface area contributed by atoms with Gasteiger partial charge < -0.3 is 64.5 Å². The summed E-state index contributed by atoms with van der Waals surface area (Å²) in [5.74, 6) is -4.40. The molecule has 13 atom stereocenters. The molecule has 0 aromatic rings. The van der Waals surface area contributed by atoms with Crippen LogP contribution in [0.2, 0.25) is 0 Å². The Balaban J connectivity index is 1.67. The van der Waals surface area contributed by atoms with Crippen LogP contribution in [0.3, 0.4) is 0 Å². The Hall–Kier alpha value is -1.56. The maximum atomic E-state index is 11.2. The third-order valence-electron chi connectivity index (χ3n) is 6.84. The molecule has 3 aliphatic rings. The van der Waals surface area contributed by atoms with Crippen LogP contribution in [0.5, 0.6) is 0 Å². The van der Waals surface area contributed by atoms with Gasteiger partial charge in [0.2, 0.25) is 12.0 Å². The molecule has 232 valence electrons. The van der Waals surface area contributed by atoms with Crippen LogP contribution >= 0.6 is 0 Å². The molecule has 0 radical (unpaired) electrons. The van der Waals surface area contributed by atoms with Crippen LogP contribution in [0.1, 0.15) is 6.92 Å². The fourth-order valence-corrected chi connectivity index (χ4v) is 5.13. The van der Waals surface area contributed by atoms with Gasteiger partial charge in [-0.2, -0.15) is 8.42 Å². The number of hydrogen-bond acceptors (Lipinski definition) is 16. The minimum atomic E-state index is -5.04. The van der Waals surface area contributed by atoms with Gasteiger partial charge in [-0.1, -0.05) is 0 Å². The van der Waals surface area contributed by atoms with Gasteiger partial charge in [-0.25, -0.2) is 8.98 Å². The van der Waals surface area contributed by atoms with E-state index in [2.05, 4.69) is 4.18 Å². The molecule has 2 fully saturated rings. The second-order valence-electron chi connectivity index (χ2n) is 9.59. The molecule has 0 bridgehead atoms. The Morgan fingerprint density at radius 2 is 1.60 bits per heavy atom. The highest BCUT2D eigenvalue weighted by Gasteiger charge is 2.48. The number of rotatable bonds is 11. The van der Waals surface area contributed by atoms with Gasteiger partial charge in [0.1, 0.15) is 42.7 Å². The predicted octanol–water partition coefficient (Wildman–Crippen LogP) is -4.93. The van der Waals surface area contributed by atoms with Crippen LogP contribution in [0.25, 0.3) is 0 Å². The van der Waals surface area contributed by atoms with Crippen LogP contribution in [0.4, 0.5) is 0 Å². The van der Waals surface area contributed by atoms with Crippen molar-refractivity contribution in [1.29, 1.82) is 0 Å². The zero-order chi connectivity index (χ0) is 29.9. The van der Waals surface area contributed by atoms with Crippen molar-refractivity contribution in [3.63, 3.8) is 0 Å². The maximum Gasteiger partial charge on any atom is 0.397 e. The lowest BCUT2D eigenvalue weighted by Gasteiger charge is -2.44. The number of aliphatic hydroxyl groups excluding tert-OH is 7. The van der Waals surface area contributed by atoms with E-state index in [0.717, 1.165) is 6.08 Å². The van der Waals surface area contributed by atoms with Gasteiger partial charge >= 0.3 is 16.4 Å². The van der Waals surface area contributed by atoms with E-state index >= 15 is 0 Å². The van der Waals surface area contributed by atoms with E-state index in [4.69, 9.17) is 33.3 Å². The monoisotopic (exact) mass is 606 g/mol. The normalized spacial score (nSPS) is 42.6. The third-order valence-corrected chi connectivity index (χ3v) is 7.30. The summed E-state index contributed by atoms with van der Waals surface area (Å²) in [4.78, 5) is 11.2. The Morgan fingerprint density at radius 3 is 2.20 bits per heavy atom. The number of ether oxygens (including phenoxy) is 5. The average molecular weight is 607 g/mol. The van der Waals surface area contributed by atoms with Gasteiger partial charge in [0.05, 0.1) is 38.6 Å². The topological polar surface area (TPSA) is 289 Å². The van der Waals surface area contributed by atoms with Crippen molar-refractivity contribution in [3.8, 4) is 0 Å². The van der Waals surface area contributed by atoms with E-state index in [0.29, 0.717) is 0 Å². The van der Waals surface area contributed by atoms with Crippen molar-refractivity contribution < 1.29 is 86.5 Å². The van der Waals surface area contributed by atoms with Crippen LogP contribution in [-0.2, 0) is 43.1 Å². The van der Waals surface area contributed by atoms with Gasteiger partial charge in [0.25, 0.3) is 0 Å². The molecule has 40 heavy (non-hydrogen) atoms. The summed E-state index contributed by atoms with van der Waals surface area (Å²) in [5.41, 5.74) is 0. The first-order chi connectivity index (χ1) is 18.6. The van der Waals surface area contributed by atoms with Gasteiger partial charge in [0.15, 0.2) is 6.29 Å². The van der Waals surface area contributed by atoms with Gasteiger partial charge in [0, 0.05) is 11.8 Å². The largest absolute Gasteiger partial charge is 0.475 e. The van der Waals surface area contributed by atoms with Gasteiger partial charge in [-0.3, -0.25) is 4.55 Å². The molecule has 8 unspecified atom stereocenters. The molecule has 3 heterocycles. The van der Waals surface area contributed by atoms with E-state index in [9.17, 15) is 49.0 Å². The summed E-state index contributed by atoms with van der Waals surface area (Å²) in [6.45, 7) is -0.714. The average Bonchev–Trinajstić information content (AvgIpc) is 2.87. The Morgan fingerprint density at radius 1 is 0.925 bits per heavy atom. The number of aliphatic hydroxyl groups is 7. The van der Waals surface area contributed by atoms with Crippen LogP contribution in [0.15, 0.2) is 11.8 Å². The molecule has 0 saturated carbocycles. The molecule has 3 rings (SSSR count). The van der Waals surface area contributed by atoms with Gasteiger partial charge in [-0.15, -0.1) is 0 Å². The van der Waals surface area contributed by atoms with Crippen molar-refractivity contribution >= 4 is 16.4 Å². The summed E-state index contributed by atoms with van der Waals surface area (Å²) in [7, 11) is -5.04. The van der Waals surface area contributed by atoms with Crippen molar-refractivity contribution in [2.24, 2.45) is 11.8 Å². The lowest BCUT2D eigenvalue weighted by atomic mass is 9.83. The highest BCUT2D eigenvalue weighted by atomic mass is 32.3. The summed E-state index contributed by atoms with van der Waals surface area (Å²) >= 11 is 0. The van der Waals surface area contributed by atoms with Crippen LogP contribution in [-0.4, -0.2) is 154 Å². The maximum absolute atomic E-state index is 11.2. The molecular formula is C21H34O18S. The third kappa shape index (κ3) is 7.83. The summed E-state index contributed by atoms with van der Waals surface area (Å²) in [6, 6.07) is 0. The number of carboxylic acids is 1. The molecule has 0 aromatic heterocycles. The van der Waals surface area contributed by atoms with Crippen LogP contribution < -0.4 is 0 Å². The minimum Gasteiger partial charge on any atom is -0.475 e. The van der Waals surface area contributed by atoms with E-state index < -0.39 is 128 Å². The molecule has 0 aliphatic carbocycles. The van der Waals surface area contributed by atoms with Crippen LogP contribution in [0, 0.1) is 11.8 Å². The molecular weight excluding hydrogens is 572 g/mol. The first-order valence-corrected chi connectivity index (χ1v) is 13.5. The smallest absolute Gasteiger partial charge is 0.397 e. The predicted molar refractivity (Wildman–Crippen MR) is 123 cm³/mol. The summed E-state index contributed by atoms with van der Waals surface area (Å²) < 4.78 is 62.2. The molecule has 3 aliphatic heterocycles. The number of aliphatic carboxylic acids is 1. The highest BCUT2D eigenvalue weighted by molar-refractivity contribution is 7.80. The number of carbonyl (C=O) groups is 1. The first-order valence-electron chi connectivity index (χ1n) is 12.1. The van der Waals surface area contributed by atoms with Gasteiger partial charge in [-0.05, 0) is 13.0 Å². The standard InChI is InChI=1S/C21H34O18S/c1-7-14(24)18(39-40(31,32)33)17(27)13(36-7)6-34-4-8-9(20(30)37-12(3-22)15(8)25)5-35-21-16(26)10(23)2-11(38-21)19(28)29/h2,7-10,12-18,20-27,30H,3-6H2,1H3,(H,28,29)(H,31,32,33)/t7?,8?,9?,10?,12?,13-,14+,15-,16?,17?,18?,20+,21+/m0/s1. The lowest BCUT2D eigenvalue weighted by molar-refractivity contribution is -0.286. The second kappa shape index (κ2) is 13.6. The quantitative estimate of drug-likeness (QED) is 0.0995. The van der Waals surface area contributed by atoms with E-state index in [-0.39, 0.29) is 0 Å².